The van der Waals surface area contributed by atoms with Crippen molar-refractivity contribution in [3.63, 3.8) is 0 Å². The second-order valence-corrected chi connectivity index (χ2v) is 4.89. The van der Waals surface area contributed by atoms with Gasteiger partial charge in [0.1, 0.15) is 17.4 Å². The third-order valence-electron chi connectivity index (χ3n) is 3.30. The molecule has 3 heteroatoms. The first-order valence-corrected chi connectivity index (χ1v) is 6.29. The summed E-state index contributed by atoms with van der Waals surface area (Å²) in [6.07, 6.45) is 0.237. The van der Waals surface area contributed by atoms with Crippen molar-refractivity contribution < 1.29 is 14.3 Å². The number of hydrogen-bond donors (Lipinski definition) is 1. The lowest BCUT2D eigenvalue weighted by molar-refractivity contribution is 0.0729. The van der Waals surface area contributed by atoms with Gasteiger partial charge >= 0.3 is 0 Å². The Morgan fingerprint density at radius 1 is 1.33 bits per heavy atom. The molecule has 0 spiro atoms. The third-order valence-corrected chi connectivity index (χ3v) is 3.30. The van der Waals surface area contributed by atoms with Crippen molar-refractivity contribution in [2.45, 2.75) is 26.4 Å². The smallest absolute Gasteiger partial charge is 0.134 e. The molecular weight excluding hydrogens is 228 g/mol. The van der Waals surface area contributed by atoms with Gasteiger partial charge in [-0.25, -0.2) is 0 Å². The van der Waals surface area contributed by atoms with Crippen LogP contribution in [0.2, 0.25) is 0 Å². The number of rotatable bonds is 5. The van der Waals surface area contributed by atoms with Gasteiger partial charge in [-0.05, 0) is 37.5 Å². The fraction of sp³-hybridized carbons (Fsp3) is 0.467. The van der Waals surface area contributed by atoms with Crippen molar-refractivity contribution in [2.24, 2.45) is 5.92 Å². The van der Waals surface area contributed by atoms with E-state index in [4.69, 9.17) is 9.15 Å². The minimum Gasteiger partial charge on any atom is -0.458 e. The number of furan rings is 1. The zero-order valence-electron chi connectivity index (χ0n) is 11.1. The number of aliphatic hydroxyl groups excluding tert-OH is 1. The SMILES string of the molecule is COCCC(C)C(O)c1cc2cc(C)ccc2o1. The van der Waals surface area contributed by atoms with Gasteiger partial charge in [0, 0.05) is 19.1 Å². The lowest BCUT2D eigenvalue weighted by atomic mass is 9.99. The van der Waals surface area contributed by atoms with Crippen LogP contribution in [0.25, 0.3) is 11.0 Å². The Kier molecular flexibility index (Phi) is 4.04. The molecule has 98 valence electrons. The van der Waals surface area contributed by atoms with Crippen LogP contribution in [0.4, 0.5) is 0 Å². The maximum absolute atomic E-state index is 10.2. The van der Waals surface area contributed by atoms with Crippen molar-refractivity contribution in [3.05, 3.63) is 35.6 Å². The first kappa shape index (κ1) is 13.1. The van der Waals surface area contributed by atoms with Gasteiger partial charge in [0.05, 0.1) is 0 Å². The summed E-state index contributed by atoms with van der Waals surface area (Å²) in [5, 5.41) is 11.3. The zero-order chi connectivity index (χ0) is 13.1. The van der Waals surface area contributed by atoms with Gasteiger partial charge in [-0.2, -0.15) is 0 Å². The molecule has 2 unspecified atom stereocenters. The molecule has 1 N–H and O–H groups in total. The maximum atomic E-state index is 10.2. The van der Waals surface area contributed by atoms with Crippen LogP contribution >= 0.6 is 0 Å². The minimum atomic E-state index is -0.576. The second-order valence-electron chi connectivity index (χ2n) is 4.89. The predicted molar refractivity (Wildman–Crippen MR) is 71.6 cm³/mol. The molecule has 0 radical (unpaired) electrons. The summed E-state index contributed by atoms with van der Waals surface area (Å²) in [7, 11) is 1.67. The Balaban J connectivity index is 2.19. The standard InChI is InChI=1S/C15H20O3/c1-10-4-5-13-12(8-10)9-14(18-13)15(16)11(2)6-7-17-3/h4-5,8-9,11,15-16H,6-7H2,1-3H3. The number of hydrogen-bond acceptors (Lipinski definition) is 3. The monoisotopic (exact) mass is 248 g/mol. The molecule has 1 aromatic heterocycles. The number of benzene rings is 1. The highest BCUT2D eigenvalue weighted by Crippen LogP contribution is 2.30. The van der Waals surface area contributed by atoms with Gasteiger partial charge in [-0.15, -0.1) is 0 Å². The van der Waals surface area contributed by atoms with Gasteiger partial charge in [-0.3, -0.25) is 0 Å². The highest BCUT2D eigenvalue weighted by atomic mass is 16.5. The predicted octanol–water partition coefficient (Wildman–Crippen LogP) is 3.45. The maximum Gasteiger partial charge on any atom is 0.134 e. The molecule has 2 aromatic rings. The molecule has 0 bridgehead atoms. The molecule has 0 aliphatic carbocycles. The number of aliphatic hydroxyl groups is 1. The minimum absolute atomic E-state index is 0.117. The van der Waals surface area contributed by atoms with Crippen LogP contribution in [0.5, 0.6) is 0 Å². The zero-order valence-corrected chi connectivity index (χ0v) is 11.1. The van der Waals surface area contributed by atoms with E-state index >= 15 is 0 Å². The van der Waals surface area contributed by atoms with E-state index in [2.05, 4.69) is 6.07 Å². The van der Waals surface area contributed by atoms with Crippen LogP contribution in [0.1, 0.15) is 30.8 Å². The Bertz CT molecular complexity index is 515. The lowest BCUT2D eigenvalue weighted by Gasteiger charge is -2.15. The van der Waals surface area contributed by atoms with Crippen molar-refractivity contribution >= 4 is 11.0 Å². The van der Waals surface area contributed by atoms with E-state index in [0.29, 0.717) is 12.4 Å². The summed E-state index contributed by atoms with van der Waals surface area (Å²) < 4.78 is 10.7. The summed E-state index contributed by atoms with van der Waals surface area (Å²) in [5.74, 6) is 0.755. The van der Waals surface area contributed by atoms with Crippen molar-refractivity contribution in [3.8, 4) is 0 Å². The van der Waals surface area contributed by atoms with Gasteiger partial charge in [0.15, 0.2) is 0 Å². The van der Waals surface area contributed by atoms with Gasteiger partial charge in [0.25, 0.3) is 0 Å². The van der Waals surface area contributed by atoms with Crippen LogP contribution in [0, 0.1) is 12.8 Å². The second kappa shape index (κ2) is 5.55. The van der Waals surface area contributed by atoms with Crippen molar-refractivity contribution in [1.29, 1.82) is 0 Å². The van der Waals surface area contributed by atoms with Crippen LogP contribution in [0.3, 0.4) is 0 Å². The summed E-state index contributed by atoms with van der Waals surface area (Å²) in [6.45, 7) is 4.70. The molecule has 0 aliphatic rings. The van der Waals surface area contributed by atoms with Gasteiger partial charge in [0.2, 0.25) is 0 Å². The molecule has 18 heavy (non-hydrogen) atoms. The van der Waals surface area contributed by atoms with Gasteiger partial charge < -0.3 is 14.3 Å². The average molecular weight is 248 g/mol. The van der Waals surface area contributed by atoms with Crippen molar-refractivity contribution in [1.82, 2.24) is 0 Å². The molecule has 2 rings (SSSR count). The Morgan fingerprint density at radius 2 is 2.11 bits per heavy atom. The molecule has 1 heterocycles. The van der Waals surface area contributed by atoms with E-state index in [1.807, 2.05) is 32.0 Å². The fourth-order valence-corrected chi connectivity index (χ4v) is 2.07. The molecular formula is C15H20O3. The number of ether oxygens (including phenoxy) is 1. The first-order chi connectivity index (χ1) is 8.61. The molecule has 3 nitrogen and oxygen atoms in total. The van der Waals surface area contributed by atoms with E-state index in [-0.39, 0.29) is 5.92 Å². The molecule has 0 fully saturated rings. The molecule has 2 atom stereocenters. The summed E-state index contributed by atoms with van der Waals surface area (Å²) in [6, 6.07) is 7.95. The Labute approximate surface area is 107 Å². The highest BCUT2D eigenvalue weighted by Gasteiger charge is 2.20. The highest BCUT2D eigenvalue weighted by molar-refractivity contribution is 5.78. The van der Waals surface area contributed by atoms with Crippen LogP contribution in [0.15, 0.2) is 28.7 Å². The molecule has 0 saturated heterocycles. The van der Waals surface area contributed by atoms with E-state index in [9.17, 15) is 5.11 Å². The summed E-state index contributed by atoms with van der Waals surface area (Å²) in [4.78, 5) is 0. The normalized spacial score (nSPS) is 14.9. The molecule has 1 aromatic carbocycles. The quantitative estimate of drug-likeness (QED) is 0.881. The molecule has 0 amide bonds. The van der Waals surface area contributed by atoms with Gasteiger partial charge in [-0.1, -0.05) is 18.6 Å². The van der Waals surface area contributed by atoms with Crippen LogP contribution < -0.4 is 0 Å². The Hall–Kier alpha value is -1.32. The van der Waals surface area contributed by atoms with Crippen molar-refractivity contribution in [2.75, 3.05) is 13.7 Å². The average Bonchev–Trinajstić information content (AvgIpc) is 2.77. The van der Waals surface area contributed by atoms with E-state index < -0.39 is 6.10 Å². The topological polar surface area (TPSA) is 42.6 Å². The van der Waals surface area contributed by atoms with E-state index in [0.717, 1.165) is 17.4 Å². The van der Waals surface area contributed by atoms with E-state index in [1.54, 1.807) is 7.11 Å². The van der Waals surface area contributed by atoms with Crippen LogP contribution in [-0.4, -0.2) is 18.8 Å². The third kappa shape index (κ3) is 2.74. The number of fused-ring (bicyclic) bond motifs is 1. The Morgan fingerprint density at radius 3 is 2.83 bits per heavy atom. The van der Waals surface area contributed by atoms with Crippen LogP contribution in [-0.2, 0) is 4.74 Å². The number of aryl methyl sites for hydroxylation is 1. The lowest BCUT2D eigenvalue weighted by Crippen LogP contribution is -2.10. The first-order valence-electron chi connectivity index (χ1n) is 6.29. The van der Waals surface area contributed by atoms with E-state index in [1.165, 1.54) is 5.56 Å². The molecule has 0 aliphatic heterocycles. The molecule has 0 saturated carbocycles. The number of methoxy groups -OCH3 is 1. The summed E-state index contributed by atoms with van der Waals surface area (Å²) in [5.41, 5.74) is 2.02. The fourth-order valence-electron chi connectivity index (χ4n) is 2.07. The summed E-state index contributed by atoms with van der Waals surface area (Å²) >= 11 is 0. The largest absolute Gasteiger partial charge is 0.458 e.